The van der Waals surface area contributed by atoms with Crippen molar-refractivity contribution in [2.24, 2.45) is 0 Å². The van der Waals surface area contributed by atoms with E-state index < -0.39 is 0 Å². The fourth-order valence-electron chi connectivity index (χ4n) is 6.80. The number of carbonyl (C=O) groups is 3. The number of hydrogen-bond acceptors (Lipinski definition) is 6. The van der Waals surface area contributed by atoms with Gasteiger partial charge in [-0.3, -0.25) is 24.4 Å². The number of aromatic amines is 1. The molecule has 3 aromatic heterocycles. The fraction of sp³-hybridized carbons (Fsp3) is 0.225. The summed E-state index contributed by atoms with van der Waals surface area (Å²) in [6.07, 6.45) is 11.9. The number of pyridine rings is 2. The van der Waals surface area contributed by atoms with E-state index in [0.717, 1.165) is 81.3 Å². The Morgan fingerprint density at radius 1 is 0.860 bits per heavy atom. The molecule has 252 valence electrons. The maximum Gasteiger partial charge on any atom is 0.256 e. The average molecular weight is 666 g/mol. The summed E-state index contributed by atoms with van der Waals surface area (Å²) in [5.41, 5.74) is 11.4. The van der Waals surface area contributed by atoms with Gasteiger partial charge in [-0.1, -0.05) is 36.4 Å². The lowest BCUT2D eigenvalue weighted by Gasteiger charge is -2.14. The highest BCUT2D eigenvalue weighted by molar-refractivity contribution is 6.35. The molecular weight excluding hydrogens is 626 g/mol. The lowest BCUT2D eigenvalue weighted by molar-refractivity contribution is -0.115. The number of nitrogens with one attached hydrogen (secondary N) is 4. The third kappa shape index (κ3) is 6.97. The first-order valence-electron chi connectivity index (χ1n) is 16.9. The molecule has 10 nitrogen and oxygen atoms in total. The lowest BCUT2D eigenvalue weighted by Crippen LogP contribution is -2.33. The van der Waals surface area contributed by atoms with Gasteiger partial charge in [-0.2, -0.15) is 0 Å². The molecule has 0 bridgehead atoms. The van der Waals surface area contributed by atoms with Gasteiger partial charge in [-0.15, -0.1) is 0 Å². The first-order chi connectivity index (χ1) is 24.3. The molecule has 4 N–H and O–H groups in total. The number of likely N-dealkylation sites (tertiary alicyclic amines) is 1. The number of benzene rings is 2. The van der Waals surface area contributed by atoms with E-state index in [0.29, 0.717) is 24.1 Å². The number of hydrogen-bond donors (Lipinski definition) is 4. The van der Waals surface area contributed by atoms with Gasteiger partial charge >= 0.3 is 0 Å². The number of anilines is 2. The molecule has 5 aromatic rings. The molecule has 1 fully saturated rings. The zero-order valence-electron chi connectivity index (χ0n) is 28.2. The molecule has 0 atom stereocenters. The molecule has 3 amide bonds. The van der Waals surface area contributed by atoms with Gasteiger partial charge in [0.15, 0.2) is 0 Å². The van der Waals surface area contributed by atoms with Crippen molar-refractivity contribution < 1.29 is 14.4 Å². The number of H-pyrrole nitrogens is 1. The van der Waals surface area contributed by atoms with Crippen LogP contribution in [-0.2, 0) is 16.0 Å². The van der Waals surface area contributed by atoms with Gasteiger partial charge in [0.25, 0.3) is 11.8 Å². The molecule has 3 aliphatic rings. The fourth-order valence-corrected chi connectivity index (χ4v) is 6.80. The van der Waals surface area contributed by atoms with Gasteiger partial charge in [-0.05, 0) is 92.4 Å². The van der Waals surface area contributed by atoms with Crippen molar-refractivity contribution in [2.75, 3.05) is 36.8 Å². The number of nitrogens with zero attached hydrogens (tertiary/aromatic N) is 3. The molecule has 0 spiro atoms. The molecular formula is C40H39N7O3. The van der Waals surface area contributed by atoms with E-state index in [1.165, 1.54) is 12.8 Å². The van der Waals surface area contributed by atoms with E-state index in [9.17, 15) is 14.4 Å². The Kier molecular flexibility index (Phi) is 9.35. The minimum absolute atomic E-state index is 0.0679. The van der Waals surface area contributed by atoms with E-state index in [2.05, 4.69) is 35.8 Å². The minimum atomic E-state index is -0.151. The van der Waals surface area contributed by atoms with Gasteiger partial charge in [-0.25, -0.2) is 0 Å². The second-order valence-corrected chi connectivity index (χ2v) is 12.8. The quantitative estimate of drug-likeness (QED) is 0.152. The van der Waals surface area contributed by atoms with E-state index in [-0.39, 0.29) is 17.7 Å². The van der Waals surface area contributed by atoms with E-state index in [1.807, 2.05) is 86.8 Å². The second-order valence-electron chi connectivity index (χ2n) is 12.8. The molecule has 8 rings (SSSR count). The molecule has 2 aromatic carbocycles. The van der Waals surface area contributed by atoms with Gasteiger partial charge in [0, 0.05) is 77.3 Å². The molecule has 0 saturated carbocycles. The van der Waals surface area contributed by atoms with Gasteiger partial charge in [0.05, 0.1) is 17.6 Å². The van der Waals surface area contributed by atoms with Crippen LogP contribution in [0.3, 0.4) is 0 Å². The van der Waals surface area contributed by atoms with Crippen LogP contribution in [0.25, 0.3) is 33.9 Å². The average Bonchev–Trinajstić information content (AvgIpc) is 3.91. The molecule has 0 unspecified atom stereocenters. The Hall–Kier alpha value is -5.87. The van der Waals surface area contributed by atoms with Gasteiger partial charge in [0.2, 0.25) is 5.91 Å². The summed E-state index contributed by atoms with van der Waals surface area (Å²) in [6.45, 7) is 7.56. The first kappa shape index (κ1) is 32.7. The first-order valence-corrected chi connectivity index (χ1v) is 16.9. The predicted molar refractivity (Wildman–Crippen MR) is 196 cm³/mol. The normalized spacial score (nSPS) is 15.6. The van der Waals surface area contributed by atoms with Crippen molar-refractivity contribution in [3.63, 3.8) is 0 Å². The van der Waals surface area contributed by atoms with E-state index in [4.69, 9.17) is 0 Å². The third-order valence-electron chi connectivity index (χ3n) is 9.43. The van der Waals surface area contributed by atoms with Crippen LogP contribution < -0.4 is 16.0 Å². The third-order valence-corrected chi connectivity index (χ3v) is 9.43. The van der Waals surface area contributed by atoms with Crippen molar-refractivity contribution in [3.8, 4) is 22.3 Å². The number of amides is 3. The molecule has 1 saturated heterocycles. The summed E-state index contributed by atoms with van der Waals surface area (Å²) in [5.74, 6) is -0.160. The summed E-state index contributed by atoms with van der Waals surface area (Å²) in [6, 6.07) is 19.7. The SMILES string of the molecule is Cc1[nH]c(C=C2C(=O)Nc3cc(-c4cccnc4)ccc32)c(C)c1C(=O)NCCN1CCCC1.O=C1Cc2ccc(-c3cccnc3)cc2N1. The van der Waals surface area contributed by atoms with E-state index in [1.54, 1.807) is 18.6 Å². The maximum absolute atomic E-state index is 12.9. The second kappa shape index (κ2) is 14.3. The van der Waals surface area contributed by atoms with Crippen LogP contribution in [0.1, 0.15) is 51.3 Å². The van der Waals surface area contributed by atoms with Crippen LogP contribution >= 0.6 is 0 Å². The number of rotatable bonds is 7. The van der Waals surface area contributed by atoms with Crippen LogP contribution in [0.4, 0.5) is 11.4 Å². The topological polar surface area (TPSA) is 132 Å². The summed E-state index contributed by atoms with van der Waals surface area (Å²) in [4.78, 5) is 50.9. The highest BCUT2D eigenvalue weighted by Gasteiger charge is 2.26. The largest absolute Gasteiger partial charge is 0.358 e. The minimum Gasteiger partial charge on any atom is -0.358 e. The molecule has 0 aliphatic carbocycles. The molecule has 6 heterocycles. The van der Waals surface area contributed by atoms with Crippen molar-refractivity contribution in [1.29, 1.82) is 0 Å². The molecule has 10 heteroatoms. The zero-order valence-corrected chi connectivity index (χ0v) is 28.2. The number of aromatic nitrogens is 3. The Morgan fingerprint density at radius 2 is 1.54 bits per heavy atom. The number of fused-ring (bicyclic) bond motifs is 2. The smallest absolute Gasteiger partial charge is 0.256 e. The van der Waals surface area contributed by atoms with Crippen LogP contribution in [0.5, 0.6) is 0 Å². The van der Waals surface area contributed by atoms with Crippen molar-refractivity contribution in [2.45, 2.75) is 33.1 Å². The van der Waals surface area contributed by atoms with Gasteiger partial charge in [0.1, 0.15) is 0 Å². The summed E-state index contributed by atoms with van der Waals surface area (Å²) in [5, 5.41) is 8.87. The zero-order chi connectivity index (χ0) is 34.6. The monoisotopic (exact) mass is 665 g/mol. The molecule has 50 heavy (non-hydrogen) atoms. The van der Waals surface area contributed by atoms with Gasteiger partial charge < -0.3 is 25.8 Å². The Balaban J connectivity index is 0.000000203. The van der Waals surface area contributed by atoms with Crippen molar-refractivity contribution in [3.05, 3.63) is 119 Å². The number of aryl methyl sites for hydroxylation is 1. The summed E-state index contributed by atoms with van der Waals surface area (Å²) < 4.78 is 0. The molecule has 3 aliphatic heterocycles. The number of carbonyl (C=O) groups excluding carboxylic acids is 3. The predicted octanol–water partition coefficient (Wildman–Crippen LogP) is 6.26. The highest BCUT2D eigenvalue weighted by Crippen LogP contribution is 2.37. The van der Waals surface area contributed by atoms with Crippen molar-refractivity contribution in [1.82, 2.24) is 25.2 Å². The van der Waals surface area contributed by atoms with Crippen LogP contribution in [0.15, 0.2) is 85.5 Å². The Labute approximate surface area is 291 Å². The Bertz CT molecular complexity index is 2100. The highest BCUT2D eigenvalue weighted by atomic mass is 16.2. The maximum atomic E-state index is 12.9. The van der Waals surface area contributed by atoms with Crippen LogP contribution in [0.2, 0.25) is 0 Å². The summed E-state index contributed by atoms with van der Waals surface area (Å²) in [7, 11) is 0. The van der Waals surface area contributed by atoms with Crippen LogP contribution in [-0.4, -0.2) is 63.8 Å². The Morgan fingerprint density at radius 3 is 2.22 bits per heavy atom. The van der Waals surface area contributed by atoms with E-state index >= 15 is 0 Å². The van der Waals surface area contributed by atoms with Crippen LogP contribution in [0, 0.1) is 13.8 Å². The van der Waals surface area contributed by atoms with Crippen molar-refractivity contribution >= 4 is 40.7 Å². The lowest BCUT2D eigenvalue weighted by atomic mass is 10.00. The standard InChI is InChI=1S/C27H29N5O2.C13H10N2O/c1-17-23(30-18(2)25(17)27(34)29-10-13-32-11-3-4-12-32)15-22-21-8-7-19(14-24(21)31-26(22)33)20-6-5-9-28-16-20;16-13-7-10-4-3-9(6-12(10)15-13)11-2-1-5-14-8-11/h5-9,14-16,30H,3-4,10-13H2,1-2H3,(H,29,34)(H,31,33);1-6,8H,7H2,(H,15,16). The molecule has 0 radical (unpaired) electrons. The summed E-state index contributed by atoms with van der Waals surface area (Å²) >= 11 is 0.